The Morgan fingerprint density at radius 3 is 1.12 bits per heavy atom. The minimum absolute atomic E-state index is 0.0601. The van der Waals surface area contributed by atoms with Crippen molar-refractivity contribution in [1.29, 1.82) is 0 Å². The van der Waals surface area contributed by atoms with Crippen molar-refractivity contribution < 1.29 is 68.3 Å². The summed E-state index contributed by atoms with van der Waals surface area (Å²) in [6.45, 7) is 16.7. The lowest BCUT2D eigenvalue weighted by molar-refractivity contribution is -0.144. The molecule has 0 aliphatic rings. The van der Waals surface area contributed by atoms with Gasteiger partial charge in [-0.25, -0.2) is 9.59 Å². The third kappa shape index (κ3) is 21.2. The van der Waals surface area contributed by atoms with E-state index in [9.17, 15) is 58.8 Å². The molecule has 0 heterocycles. The molecule has 0 aliphatic heterocycles. The van der Waals surface area contributed by atoms with Crippen molar-refractivity contribution >= 4 is 47.4 Å². The topological polar surface area (TPSA) is 308 Å². The molecule has 0 saturated heterocycles. The molecule has 0 aromatic heterocycles. The highest BCUT2D eigenvalue weighted by Crippen LogP contribution is 2.20. The zero-order chi connectivity index (χ0) is 48.8. The number of aliphatic carboxylic acids is 2. The molecule has 362 valence electrons. The highest BCUT2D eigenvalue weighted by atomic mass is 16.5. The Hall–Kier alpha value is -5.50. The fraction of sp³-hybridized carbons (Fsp3) is 0.682. The highest BCUT2D eigenvalue weighted by molar-refractivity contribution is 5.95. The first-order valence-corrected chi connectivity index (χ1v) is 21.8. The molecule has 20 nitrogen and oxygen atoms in total. The first-order chi connectivity index (χ1) is 29.8. The highest BCUT2D eigenvalue weighted by Gasteiger charge is 2.34. The van der Waals surface area contributed by atoms with E-state index >= 15 is 0 Å². The summed E-state index contributed by atoms with van der Waals surface area (Å²) in [5.41, 5.74) is 0. The van der Waals surface area contributed by atoms with Gasteiger partial charge in [0.05, 0.1) is 25.4 Å². The van der Waals surface area contributed by atoms with Crippen molar-refractivity contribution in [3.05, 3.63) is 24.3 Å². The largest absolute Gasteiger partial charge is 0.493 e. The average molecular weight is 909 g/mol. The molecular weight excluding hydrogens is 837 g/mol. The predicted octanol–water partition coefficient (Wildman–Crippen LogP) is 1.25. The van der Waals surface area contributed by atoms with Gasteiger partial charge in [-0.05, 0) is 75.3 Å². The maximum Gasteiger partial charge on any atom is 0.326 e. The molecule has 0 spiro atoms. The van der Waals surface area contributed by atoms with Gasteiger partial charge in [0.15, 0.2) is 0 Å². The summed E-state index contributed by atoms with van der Waals surface area (Å²) < 4.78 is 11.5. The minimum Gasteiger partial charge on any atom is -0.493 e. The van der Waals surface area contributed by atoms with Crippen molar-refractivity contribution in [2.45, 2.75) is 156 Å². The Morgan fingerprint density at radius 2 is 0.844 bits per heavy atom. The molecule has 1 rings (SSSR count). The lowest BCUT2D eigenvalue weighted by atomic mass is 10.00. The number of carboxylic acid groups (broad SMARTS) is 2. The summed E-state index contributed by atoms with van der Waals surface area (Å²) >= 11 is 0. The molecule has 0 radical (unpaired) electrons. The second kappa shape index (κ2) is 28.3. The van der Waals surface area contributed by atoms with Crippen LogP contribution < -0.4 is 41.4 Å². The van der Waals surface area contributed by atoms with Crippen molar-refractivity contribution in [3.63, 3.8) is 0 Å². The summed E-state index contributed by atoms with van der Waals surface area (Å²) in [6, 6.07) is -0.749. The van der Waals surface area contributed by atoms with Crippen molar-refractivity contribution in [2.75, 3.05) is 13.2 Å². The van der Waals surface area contributed by atoms with Gasteiger partial charge in [-0.1, -0.05) is 61.5 Å². The molecule has 1 aromatic carbocycles. The predicted molar refractivity (Wildman–Crippen MR) is 235 cm³/mol. The number of hydrogen-bond acceptors (Lipinski definition) is 12. The lowest BCUT2D eigenvalue weighted by Gasteiger charge is -2.27. The number of hydrogen-bond donors (Lipinski definition) is 10. The minimum atomic E-state index is -1.39. The van der Waals surface area contributed by atoms with Gasteiger partial charge >= 0.3 is 11.9 Å². The molecular formula is C44H72N6O14. The number of amides is 6. The van der Waals surface area contributed by atoms with Crippen LogP contribution in [0, 0.1) is 23.7 Å². The van der Waals surface area contributed by atoms with E-state index < -0.39 is 108 Å². The Balaban J connectivity index is 2.69. The van der Waals surface area contributed by atoms with E-state index in [4.69, 9.17) is 9.47 Å². The SMILES string of the molecule is CC(C)C[C@H](NC(=O)[C@@H](NC(=O)CCCOc1cccc(OCCCC(=O)N[C@H](C(=O)N[C@@H](CC(C)C)C(=O)N[C@H](C(=O)O)C(C)C)[C@@H](C)O)c1)[C@@H](C)O)C(=O)N[C@H](C(=O)O)C(C)C. The fourth-order valence-electron chi connectivity index (χ4n) is 6.26. The van der Waals surface area contributed by atoms with Crippen LogP contribution in [0.15, 0.2) is 24.3 Å². The number of aliphatic hydroxyl groups excluding tert-OH is 2. The molecule has 0 saturated carbocycles. The Labute approximate surface area is 375 Å². The smallest absolute Gasteiger partial charge is 0.326 e. The number of nitrogens with one attached hydrogen (secondary N) is 6. The first kappa shape index (κ1) is 56.5. The fourth-order valence-corrected chi connectivity index (χ4v) is 6.26. The molecule has 8 atom stereocenters. The van der Waals surface area contributed by atoms with Crippen molar-refractivity contribution in [1.82, 2.24) is 31.9 Å². The maximum atomic E-state index is 13.2. The average Bonchev–Trinajstić information content (AvgIpc) is 3.18. The van der Waals surface area contributed by atoms with Gasteiger partial charge in [0.25, 0.3) is 0 Å². The molecule has 1 aromatic rings. The van der Waals surface area contributed by atoms with Crippen LogP contribution in [0.25, 0.3) is 0 Å². The van der Waals surface area contributed by atoms with Crippen LogP contribution in [-0.4, -0.2) is 129 Å². The standard InChI is InChI=1S/C44H72N6O14/c1-23(2)20-31(39(55)49-35(25(5)6)43(59)60)45-41(57)37(27(9)51)47-33(53)16-12-18-63-29-14-11-15-30(22-29)64-19-13-17-34(54)48-38(28(10)52)42(58)46-32(21-24(3)4)40(56)50-36(26(7)8)44(61)62/h11,14-15,22-28,31-32,35-38,51-52H,12-13,16-21H2,1-10H3,(H,45,57)(H,46,58)(H,47,53)(H,48,54)(H,49,55)(H,50,56)(H,59,60)(H,61,62)/t27-,28-,31+,32+,35+,36+,37+,38+/m1/s1. The Kier molecular flexibility index (Phi) is 25.0. The monoisotopic (exact) mass is 909 g/mol. The molecule has 0 aliphatic carbocycles. The van der Waals surface area contributed by atoms with Gasteiger partial charge in [0.1, 0.15) is 47.8 Å². The summed E-state index contributed by atoms with van der Waals surface area (Å²) in [5, 5.41) is 54.6. The number of carbonyl (C=O) groups is 8. The van der Waals surface area contributed by atoms with Gasteiger partial charge in [-0.3, -0.25) is 28.8 Å². The summed E-state index contributed by atoms with van der Waals surface area (Å²) in [7, 11) is 0. The summed E-state index contributed by atoms with van der Waals surface area (Å²) in [5.74, 6) is -6.68. The lowest BCUT2D eigenvalue weighted by Crippen LogP contribution is -2.58. The van der Waals surface area contributed by atoms with Crippen molar-refractivity contribution in [3.8, 4) is 11.5 Å². The summed E-state index contributed by atoms with van der Waals surface area (Å²) in [6.07, 6.45) is -1.98. The van der Waals surface area contributed by atoms with E-state index in [1.807, 2.05) is 27.7 Å². The quantitative estimate of drug-likeness (QED) is 0.0486. The second-order valence-corrected chi connectivity index (χ2v) is 17.5. The summed E-state index contributed by atoms with van der Waals surface area (Å²) in [4.78, 5) is 101. The van der Waals surface area contributed by atoms with Gasteiger partial charge in [0, 0.05) is 18.9 Å². The number of aliphatic hydroxyl groups is 2. The molecule has 0 bridgehead atoms. The third-order valence-corrected chi connectivity index (χ3v) is 9.74. The van der Waals surface area contributed by atoms with Crippen LogP contribution in [0.2, 0.25) is 0 Å². The van der Waals surface area contributed by atoms with E-state index in [1.54, 1.807) is 52.0 Å². The van der Waals surface area contributed by atoms with E-state index in [0.29, 0.717) is 11.5 Å². The molecule has 6 amide bonds. The molecule has 10 N–H and O–H groups in total. The number of rotatable bonds is 30. The second-order valence-electron chi connectivity index (χ2n) is 17.5. The van der Waals surface area contributed by atoms with Crippen LogP contribution in [-0.2, 0) is 38.4 Å². The molecule has 20 heteroatoms. The molecule has 0 unspecified atom stereocenters. The van der Waals surface area contributed by atoms with E-state index in [2.05, 4.69) is 31.9 Å². The van der Waals surface area contributed by atoms with E-state index in [1.165, 1.54) is 13.8 Å². The van der Waals surface area contributed by atoms with Crippen LogP contribution >= 0.6 is 0 Å². The Morgan fingerprint density at radius 1 is 0.500 bits per heavy atom. The van der Waals surface area contributed by atoms with Crippen LogP contribution in [0.1, 0.15) is 108 Å². The Bertz CT molecular complexity index is 1580. The number of benzene rings is 1. The van der Waals surface area contributed by atoms with Crippen LogP contribution in [0.4, 0.5) is 0 Å². The normalized spacial score (nSPS) is 15.1. The van der Waals surface area contributed by atoms with E-state index in [0.717, 1.165) is 0 Å². The number of carbonyl (C=O) groups excluding carboxylic acids is 6. The van der Waals surface area contributed by atoms with E-state index in [-0.39, 0.29) is 63.6 Å². The zero-order valence-corrected chi connectivity index (χ0v) is 38.8. The van der Waals surface area contributed by atoms with Gasteiger partial charge in [-0.15, -0.1) is 0 Å². The van der Waals surface area contributed by atoms with Crippen LogP contribution in [0.5, 0.6) is 11.5 Å². The molecule has 0 fully saturated rings. The third-order valence-electron chi connectivity index (χ3n) is 9.74. The van der Waals surface area contributed by atoms with Gasteiger partial charge in [-0.2, -0.15) is 0 Å². The first-order valence-electron chi connectivity index (χ1n) is 21.8. The van der Waals surface area contributed by atoms with Crippen molar-refractivity contribution in [2.24, 2.45) is 23.7 Å². The maximum absolute atomic E-state index is 13.2. The number of carboxylic acids is 2. The molecule has 64 heavy (non-hydrogen) atoms. The zero-order valence-electron chi connectivity index (χ0n) is 38.8. The van der Waals surface area contributed by atoms with Gasteiger partial charge in [0.2, 0.25) is 35.4 Å². The number of ether oxygens (including phenoxy) is 2. The van der Waals surface area contributed by atoms with Gasteiger partial charge < -0.3 is 61.8 Å². The van der Waals surface area contributed by atoms with Crippen LogP contribution in [0.3, 0.4) is 0 Å².